The molecule has 0 radical (unpaired) electrons. The van der Waals surface area contributed by atoms with Gasteiger partial charge in [-0.2, -0.15) is 0 Å². The zero-order valence-electron chi connectivity index (χ0n) is 34.9. The van der Waals surface area contributed by atoms with Gasteiger partial charge < -0.3 is 19.1 Å². The van der Waals surface area contributed by atoms with E-state index in [2.05, 4.69) is 251 Å². The van der Waals surface area contributed by atoms with Gasteiger partial charge in [-0.05, 0) is 136 Å². The summed E-state index contributed by atoms with van der Waals surface area (Å²) in [6.07, 6.45) is 0. The van der Waals surface area contributed by atoms with Gasteiger partial charge in [-0.3, -0.25) is 0 Å². The molecule has 0 atom stereocenters. The molecule has 0 amide bonds. The second kappa shape index (κ2) is 15.7. The van der Waals surface area contributed by atoms with E-state index < -0.39 is 0 Å². The van der Waals surface area contributed by atoms with Crippen LogP contribution in [0.4, 0.5) is 51.2 Å². The Labute approximate surface area is 371 Å². The van der Waals surface area contributed by atoms with Crippen LogP contribution in [0.1, 0.15) is 0 Å². The number of anilines is 9. The van der Waals surface area contributed by atoms with Crippen LogP contribution in [0.5, 0.6) is 0 Å². The summed E-state index contributed by atoms with van der Waals surface area (Å²) in [5, 5.41) is 9.33. The summed E-state index contributed by atoms with van der Waals surface area (Å²) in [5.74, 6) is 0. The maximum Gasteiger partial charge on any atom is 0.136 e. The van der Waals surface area contributed by atoms with Crippen molar-refractivity contribution in [2.24, 2.45) is 0 Å². The first kappa shape index (κ1) is 37.2. The Balaban J connectivity index is 1.04. The minimum atomic E-state index is 0.903. The number of hydrogen-bond donors (Lipinski definition) is 0. The van der Waals surface area contributed by atoms with Crippen molar-refractivity contribution in [1.82, 2.24) is 0 Å². The lowest BCUT2D eigenvalue weighted by Gasteiger charge is -2.31. The third-order valence-corrected chi connectivity index (χ3v) is 12.3. The normalized spacial score (nSPS) is 11.4. The average Bonchev–Trinajstić information content (AvgIpc) is 3.72. The number of furan rings is 1. The van der Waals surface area contributed by atoms with E-state index in [1.165, 1.54) is 26.9 Å². The Hall–Kier alpha value is -8.60. The first-order valence-corrected chi connectivity index (χ1v) is 21.7. The molecule has 0 bridgehead atoms. The van der Waals surface area contributed by atoms with Crippen molar-refractivity contribution < 1.29 is 4.42 Å². The summed E-state index contributed by atoms with van der Waals surface area (Å²) in [7, 11) is 0. The molecule has 0 saturated heterocycles. The molecule has 1 aromatic heterocycles. The highest BCUT2D eigenvalue weighted by atomic mass is 16.3. The van der Waals surface area contributed by atoms with Crippen LogP contribution < -0.4 is 14.7 Å². The number of fused-ring (bicyclic) bond motifs is 7. The van der Waals surface area contributed by atoms with Crippen molar-refractivity contribution in [3.05, 3.63) is 249 Å². The second-order valence-corrected chi connectivity index (χ2v) is 16.2. The number of nitrogens with zero attached hydrogens (tertiary/aromatic N) is 3. The van der Waals surface area contributed by atoms with Crippen molar-refractivity contribution in [2.45, 2.75) is 0 Å². The van der Waals surface area contributed by atoms with Crippen LogP contribution >= 0.6 is 0 Å². The molecule has 0 spiro atoms. The summed E-state index contributed by atoms with van der Waals surface area (Å²) >= 11 is 0. The van der Waals surface area contributed by atoms with E-state index in [1.807, 2.05) is 12.1 Å². The molecule has 12 rings (SSSR count). The van der Waals surface area contributed by atoms with Gasteiger partial charge in [-0.1, -0.05) is 140 Å². The molecule has 0 aliphatic rings. The average molecular weight is 820 g/mol. The number of hydrogen-bond acceptors (Lipinski definition) is 4. The van der Waals surface area contributed by atoms with Crippen LogP contribution in [0.25, 0.3) is 54.3 Å². The van der Waals surface area contributed by atoms with Crippen molar-refractivity contribution in [3.63, 3.8) is 0 Å². The molecule has 0 fully saturated rings. The highest BCUT2D eigenvalue weighted by molar-refractivity contribution is 6.17. The Morgan fingerprint density at radius 3 is 1.31 bits per heavy atom. The zero-order valence-corrected chi connectivity index (χ0v) is 34.9. The highest BCUT2D eigenvalue weighted by Crippen LogP contribution is 2.45. The summed E-state index contributed by atoms with van der Waals surface area (Å²) < 4.78 is 6.33. The summed E-state index contributed by atoms with van der Waals surface area (Å²) in [6, 6.07) is 89.0. The van der Waals surface area contributed by atoms with E-state index in [-0.39, 0.29) is 0 Å². The standard InChI is InChI=1S/C60H41N3O/c1-4-19-45(20-5-1)61(46-21-6-2-7-22-46)48-25-15-26-49(38-48)62(47-23-8-3-9-24-47)50-27-16-28-51(39-50)63(58-31-14-18-42-17-10-11-29-53(42)58)52-36-35-43-33-34-44-37-60-57(41-56(44)55(43)40-52)54-30-12-13-32-59(54)64-60/h1-41H. The third-order valence-electron chi connectivity index (χ3n) is 12.3. The lowest BCUT2D eigenvalue weighted by molar-refractivity contribution is 0.669. The Morgan fingerprint density at radius 1 is 0.219 bits per heavy atom. The minimum Gasteiger partial charge on any atom is -0.456 e. The number of benzene rings is 11. The van der Waals surface area contributed by atoms with Crippen LogP contribution in [0, 0.1) is 0 Å². The smallest absolute Gasteiger partial charge is 0.136 e. The maximum absolute atomic E-state index is 6.33. The predicted octanol–water partition coefficient (Wildman–Crippen LogP) is 17.5. The van der Waals surface area contributed by atoms with Gasteiger partial charge in [0.25, 0.3) is 0 Å². The summed E-state index contributed by atoms with van der Waals surface area (Å²) in [4.78, 5) is 7.09. The van der Waals surface area contributed by atoms with Gasteiger partial charge in [0.15, 0.2) is 0 Å². The van der Waals surface area contributed by atoms with Gasteiger partial charge in [-0.25, -0.2) is 0 Å². The van der Waals surface area contributed by atoms with E-state index in [0.717, 1.165) is 78.5 Å². The number of rotatable bonds is 9. The van der Waals surface area contributed by atoms with E-state index in [0.29, 0.717) is 0 Å². The quantitative estimate of drug-likeness (QED) is 0.135. The monoisotopic (exact) mass is 819 g/mol. The summed E-state index contributed by atoms with van der Waals surface area (Å²) in [5.41, 5.74) is 11.4. The molecule has 4 nitrogen and oxygen atoms in total. The van der Waals surface area contributed by atoms with E-state index in [4.69, 9.17) is 4.42 Å². The first-order valence-electron chi connectivity index (χ1n) is 21.7. The second-order valence-electron chi connectivity index (χ2n) is 16.2. The van der Waals surface area contributed by atoms with E-state index >= 15 is 0 Å². The lowest BCUT2D eigenvalue weighted by atomic mass is 9.98. The molecule has 1 heterocycles. The lowest BCUT2D eigenvalue weighted by Crippen LogP contribution is -2.14. The Bertz CT molecular complexity index is 3590. The van der Waals surface area contributed by atoms with Crippen molar-refractivity contribution >= 4 is 105 Å². The zero-order chi connectivity index (χ0) is 42.4. The molecule has 4 heteroatoms. The van der Waals surface area contributed by atoms with Gasteiger partial charge in [0, 0.05) is 61.7 Å². The largest absolute Gasteiger partial charge is 0.456 e. The molecule has 12 aromatic rings. The SMILES string of the molecule is c1ccc(N(c2ccccc2)c2cccc(N(c3ccccc3)c3cccc(N(c4ccc5ccc6cc7oc8ccccc8c7cc6c5c4)c4cccc5ccccc45)c3)c2)cc1. The Kier molecular flexibility index (Phi) is 9.12. The van der Waals surface area contributed by atoms with Crippen LogP contribution in [-0.4, -0.2) is 0 Å². The number of para-hydroxylation sites is 4. The van der Waals surface area contributed by atoms with Crippen molar-refractivity contribution in [2.75, 3.05) is 14.7 Å². The molecule has 0 aliphatic carbocycles. The molecule has 11 aromatic carbocycles. The van der Waals surface area contributed by atoms with Gasteiger partial charge >= 0.3 is 0 Å². The highest BCUT2D eigenvalue weighted by Gasteiger charge is 2.21. The molecule has 302 valence electrons. The Morgan fingerprint density at radius 2 is 0.656 bits per heavy atom. The molecule has 0 unspecified atom stereocenters. The molecule has 0 N–H and O–H groups in total. The molecule has 64 heavy (non-hydrogen) atoms. The minimum absolute atomic E-state index is 0.903. The predicted molar refractivity (Wildman–Crippen MR) is 270 cm³/mol. The molecular formula is C60H41N3O. The third kappa shape index (κ3) is 6.57. The molecule has 0 saturated carbocycles. The van der Waals surface area contributed by atoms with Crippen LogP contribution in [0.15, 0.2) is 253 Å². The molecular weight excluding hydrogens is 779 g/mol. The van der Waals surface area contributed by atoms with Crippen molar-refractivity contribution in [1.29, 1.82) is 0 Å². The topological polar surface area (TPSA) is 22.9 Å². The van der Waals surface area contributed by atoms with Crippen molar-refractivity contribution in [3.8, 4) is 0 Å². The first-order chi connectivity index (χ1) is 31.7. The van der Waals surface area contributed by atoms with Gasteiger partial charge in [0.05, 0.1) is 5.69 Å². The van der Waals surface area contributed by atoms with Crippen LogP contribution in [-0.2, 0) is 0 Å². The van der Waals surface area contributed by atoms with Crippen LogP contribution in [0.2, 0.25) is 0 Å². The van der Waals surface area contributed by atoms with Gasteiger partial charge in [-0.15, -0.1) is 0 Å². The van der Waals surface area contributed by atoms with E-state index in [9.17, 15) is 0 Å². The van der Waals surface area contributed by atoms with Gasteiger partial charge in [0.2, 0.25) is 0 Å². The van der Waals surface area contributed by atoms with E-state index in [1.54, 1.807) is 0 Å². The molecule has 0 aliphatic heterocycles. The fourth-order valence-corrected chi connectivity index (χ4v) is 9.40. The van der Waals surface area contributed by atoms with Crippen LogP contribution in [0.3, 0.4) is 0 Å². The maximum atomic E-state index is 6.33. The fraction of sp³-hybridized carbons (Fsp3) is 0. The van der Waals surface area contributed by atoms with Gasteiger partial charge in [0.1, 0.15) is 11.2 Å². The fourth-order valence-electron chi connectivity index (χ4n) is 9.40. The summed E-state index contributed by atoms with van der Waals surface area (Å²) in [6.45, 7) is 0.